The van der Waals surface area contributed by atoms with E-state index in [0.717, 1.165) is 17.8 Å². The minimum atomic E-state index is -2.97. The Morgan fingerprint density at radius 2 is 2.27 bits per heavy atom. The standard InChI is InChI=1S/C14H18F2N2O3S/c1-8(7-18-5-3-4-11(18)19)17-13(20)12-10(21-14(15)16)6-9(2)22-12/h6,8,14H,3-5,7H2,1-2H3,(H,17,20)/t8-/m0/s1. The maximum absolute atomic E-state index is 12.4. The number of thiophene rings is 1. The van der Waals surface area contributed by atoms with Gasteiger partial charge in [0.15, 0.2) is 0 Å². The Kier molecular flexibility index (Phi) is 5.33. The summed E-state index contributed by atoms with van der Waals surface area (Å²) in [5.41, 5.74) is 0. The van der Waals surface area contributed by atoms with Crippen LogP contribution in [0.3, 0.4) is 0 Å². The molecule has 2 rings (SSSR count). The SMILES string of the molecule is Cc1cc(OC(F)F)c(C(=O)N[C@@H](C)CN2CCCC2=O)s1. The summed E-state index contributed by atoms with van der Waals surface area (Å²) in [7, 11) is 0. The van der Waals surface area contributed by atoms with Gasteiger partial charge in [0.2, 0.25) is 5.91 Å². The van der Waals surface area contributed by atoms with Crippen LogP contribution in [-0.4, -0.2) is 42.5 Å². The van der Waals surface area contributed by atoms with E-state index in [4.69, 9.17) is 0 Å². The van der Waals surface area contributed by atoms with Gasteiger partial charge < -0.3 is 15.0 Å². The molecule has 1 aromatic heterocycles. The Hall–Kier alpha value is -1.70. The molecule has 8 heteroatoms. The number of alkyl halides is 2. The molecule has 1 N–H and O–H groups in total. The minimum Gasteiger partial charge on any atom is -0.433 e. The molecule has 0 radical (unpaired) electrons. The molecule has 1 fully saturated rings. The maximum Gasteiger partial charge on any atom is 0.387 e. The number of hydrogen-bond donors (Lipinski definition) is 1. The van der Waals surface area contributed by atoms with Gasteiger partial charge in [0.25, 0.3) is 5.91 Å². The molecule has 1 aromatic rings. The van der Waals surface area contributed by atoms with Crippen molar-refractivity contribution in [2.45, 2.75) is 39.3 Å². The van der Waals surface area contributed by atoms with Crippen molar-refractivity contribution in [3.8, 4) is 5.75 Å². The summed E-state index contributed by atoms with van der Waals surface area (Å²) in [6.45, 7) is 1.63. The largest absolute Gasteiger partial charge is 0.433 e. The first kappa shape index (κ1) is 16.7. The van der Waals surface area contributed by atoms with Gasteiger partial charge in [0.05, 0.1) is 0 Å². The molecule has 1 aliphatic heterocycles. The molecule has 0 unspecified atom stereocenters. The molecule has 1 saturated heterocycles. The average Bonchev–Trinajstić information content (AvgIpc) is 2.95. The van der Waals surface area contributed by atoms with Crippen LogP contribution in [-0.2, 0) is 4.79 Å². The van der Waals surface area contributed by atoms with Crippen molar-refractivity contribution in [2.75, 3.05) is 13.1 Å². The molecule has 122 valence electrons. The number of halogens is 2. The minimum absolute atomic E-state index is 0.0785. The molecule has 1 aliphatic rings. The van der Waals surface area contributed by atoms with E-state index in [9.17, 15) is 18.4 Å². The quantitative estimate of drug-likeness (QED) is 0.870. The van der Waals surface area contributed by atoms with Crippen LogP contribution in [0.15, 0.2) is 6.07 Å². The number of ether oxygens (including phenoxy) is 1. The lowest BCUT2D eigenvalue weighted by Gasteiger charge is -2.21. The van der Waals surface area contributed by atoms with E-state index >= 15 is 0 Å². The molecule has 22 heavy (non-hydrogen) atoms. The van der Waals surface area contributed by atoms with Gasteiger partial charge in [-0.2, -0.15) is 8.78 Å². The zero-order chi connectivity index (χ0) is 16.3. The highest BCUT2D eigenvalue weighted by Gasteiger charge is 2.24. The Balaban J connectivity index is 1.97. The summed E-state index contributed by atoms with van der Waals surface area (Å²) < 4.78 is 29.1. The van der Waals surface area contributed by atoms with E-state index in [1.54, 1.807) is 18.7 Å². The fourth-order valence-corrected chi connectivity index (χ4v) is 3.24. The molecule has 5 nitrogen and oxygen atoms in total. The van der Waals surface area contributed by atoms with Crippen LogP contribution in [0.1, 0.15) is 34.3 Å². The number of carbonyl (C=O) groups excluding carboxylic acids is 2. The van der Waals surface area contributed by atoms with Crippen LogP contribution in [0.25, 0.3) is 0 Å². The summed E-state index contributed by atoms with van der Waals surface area (Å²) in [5, 5.41) is 2.72. The van der Waals surface area contributed by atoms with Crippen LogP contribution in [0.2, 0.25) is 0 Å². The highest BCUT2D eigenvalue weighted by molar-refractivity contribution is 7.14. The number of likely N-dealkylation sites (tertiary alicyclic amines) is 1. The van der Waals surface area contributed by atoms with Crippen LogP contribution in [0, 0.1) is 6.92 Å². The van der Waals surface area contributed by atoms with E-state index in [2.05, 4.69) is 10.1 Å². The summed E-state index contributed by atoms with van der Waals surface area (Å²) in [5.74, 6) is -0.498. The van der Waals surface area contributed by atoms with Crippen molar-refractivity contribution in [3.63, 3.8) is 0 Å². The molecule has 1 atom stereocenters. The smallest absolute Gasteiger partial charge is 0.387 e. The summed E-state index contributed by atoms with van der Waals surface area (Å²) in [4.78, 5) is 26.3. The number of nitrogens with one attached hydrogen (secondary N) is 1. The lowest BCUT2D eigenvalue weighted by Crippen LogP contribution is -2.42. The zero-order valence-electron chi connectivity index (χ0n) is 12.4. The molecule has 0 spiro atoms. The molecule has 0 bridgehead atoms. The summed E-state index contributed by atoms with van der Waals surface area (Å²) in [6, 6.07) is 1.15. The highest BCUT2D eigenvalue weighted by atomic mass is 32.1. The number of hydrogen-bond acceptors (Lipinski definition) is 4. The second kappa shape index (κ2) is 7.04. The predicted molar refractivity (Wildman–Crippen MR) is 78.4 cm³/mol. The molecular weight excluding hydrogens is 314 g/mol. The third-order valence-electron chi connectivity index (χ3n) is 3.29. The maximum atomic E-state index is 12.4. The first-order chi connectivity index (χ1) is 10.4. The second-order valence-corrected chi connectivity index (χ2v) is 6.50. The van der Waals surface area contributed by atoms with Crippen molar-refractivity contribution in [3.05, 3.63) is 15.8 Å². The zero-order valence-corrected chi connectivity index (χ0v) is 13.2. The molecule has 0 aromatic carbocycles. The van der Waals surface area contributed by atoms with E-state index < -0.39 is 12.5 Å². The Morgan fingerprint density at radius 3 is 2.86 bits per heavy atom. The van der Waals surface area contributed by atoms with Crippen LogP contribution >= 0.6 is 11.3 Å². The lowest BCUT2D eigenvalue weighted by molar-refractivity contribution is -0.127. The number of aryl methyl sites for hydroxylation is 1. The van der Waals surface area contributed by atoms with Gasteiger partial charge in [-0.1, -0.05) is 0 Å². The number of carbonyl (C=O) groups is 2. The number of amides is 2. The molecule has 2 amide bonds. The predicted octanol–water partition coefficient (Wildman–Crippen LogP) is 2.40. The van der Waals surface area contributed by atoms with Gasteiger partial charge in [0.1, 0.15) is 10.6 Å². The van der Waals surface area contributed by atoms with Gasteiger partial charge in [-0.25, -0.2) is 0 Å². The van der Waals surface area contributed by atoms with E-state index in [-0.39, 0.29) is 22.6 Å². The topological polar surface area (TPSA) is 58.6 Å². The van der Waals surface area contributed by atoms with Crippen molar-refractivity contribution in [2.24, 2.45) is 0 Å². The van der Waals surface area contributed by atoms with Crippen molar-refractivity contribution >= 4 is 23.2 Å². The Morgan fingerprint density at radius 1 is 1.55 bits per heavy atom. The van der Waals surface area contributed by atoms with Crippen LogP contribution in [0.4, 0.5) is 8.78 Å². The third kappa shape index (κ3) is 4.16. The van der Waals surface area contributed by atoms with Gasteiger partial charge in [-0.05, 0) is 26.3 Å². The van der Waals surface area contributed by atoms with Crippen LogP contribution < -0.4 is 10.1 Å². The Labute approximate surface area is 131 Å². The first-order valence-electron chi connectivity index (χ1n) is 7.00. The fraction of sp³-hybridized carbons (Fsp3) is 0.571. The Bertz CT molecular complexity index is 562. The van der Waals surface area contributed by atoms with Crippen LogP contribution in [0.5, 0.6) is 5.75 Å². The summed E-state index contributed by atoms with van der Waals surface area (Å²) >= 11 is 1.10. The number of nitrogens with zero attached hydrogens (tertiary/aromatic N) is 1. The molecular formula is C14H18F2N2O3S. The molecule has 2 heterocycles. The van der Waals surface area contributed by atoms with Gasteiger partial charge in [-0.3, -0.25) is 9.59 Å². The molecule has 0 aliphatic carbocycles. The third-order valence-corrected chi connectivity index (χ3v) is 4.32. The number of rotatable bonds is 6. The normalized spacial score (nSPS) is 16.2. The van der Waals surface area contributed by atoms with E-state index in [1.165, 1.54) is 6.07 Å². The van der Waals surface area contributed by atoms with Gasteiger partial charge >= 0.3 is 6.61 Å². The van der Waals surface area contributed by atoms with Gasteiger partial charge in [-0.15, -0.1) is 11.3 Å². The summed E-state index contributed by atoms with van der Waals surface area (Å²) in [6.07, 6.45) is 1.37. The van der Waals surface area contributed by atoms with Crippen molar-refractivity contribution in [1.82, 2.24) is 10.2 Å². The van der Waals surface area contributed by atoms with Crippen molar-refractivity contribution in [1.29, 1.82) is 0 Å². The lowest BCUT2D eigenvalue weighted by atomic mass is 10.3. The van der Waals surface area contributed by atoms with Crippen molar-refractivity contribution < 1.29 is 23.1 Å². The van der Waals surface area contributed by atoms with Gasteiger partial charge in [0, 0.05) is 30.4 Å². The first-order valence-corrected chi connectivity index (χ1v) is 7.82. The second-order valence-electron chi connectivity index (χ2n) is 5.25. The van der Waals surface area contributed by atoms with E-state index in [0.29, 0.717) is 24.4 Å². The average molecular weight is 332 g/mol. The monoisotopic (exact) mass is 332 g/mol. The fourth-order valence-electron chi connectivity index (χ4n) is 2.40. The molecule has 0 saturated carbocycles. The van der Waals surface area contributed by atoms with E-state index in [1.807, 2.05) is 0 Å². The highest BCUT2D eigenvalue weighted by Crippen LogP contribution is 2.30.